The second-order valence-corrected chi connectivity index (χ2v) is 3.03. The topological polar surface area (TPSA) is 84.2 Å². The lowest BCUT2D eigenvalue weighted by Crippen LogP contribution is -2.35. The number of aromatic nitrogens is 1. The summed E-state index contributed by atoms with van der Waals surface area (Å²) in [6.45, 7) is 4.07. The second kappa shape index (κ2) is 5.14. The number of hydrogen-bond donors (Lipinski definition) is 2. The van der Waals surface area contributed by atoms with Gasteiger partial charge in [-0.1, -0.05) is 12.1 Å². The molecular weight excluding hydrogens is 198 g/mol. The third-order valence-corrected chi connectivity index (χ3v) is 1.61. The highest BCUT2D eigenvalue weighted by atomic mass is 16.5. The third kappa shape index (κ3) is 3.41. The van der Waals surface area contributed by atoms with E-state index in [2.05, 4.69) is 15.8 Å². The van der Waals surface area contributed by atoms with E-state index in [1.54, 1.807) is 6.92 Å². The van der Waals surface area contributed by atoms with Crippen LogP contribution in [0.5, 0.6) is 0 Å². The van der Waals surface area contributed by atoms with Crippen LogP contribution in [0.2, 0.25) is 0 Å². The van der Waals surface area contributed by atoms with Crippen molar-refractivity contribution in [3.63, 3.8) is 0 Å². The Morgan fingerprint density at radius 2 is 2.20 bits per heavy atom. The van der Waals surface area contributed by atoms with Crippen LogP contribution < -0.4 is 10.6 Å². The highest BCUT2D eigenvalue weighted by molar-refractivity contribution is 6.39. The van der Waals surface area contributed by atoms with E-state index < -0.39 is 11.8 Å². The van der Waals surface area contributed by atoms with Crippen molar-refractivity contribution in [3.8, 4) is 0 Å². The summed E-state index contributed by atoms with van der Waals surface area (Å²) in [5.41, 5.74) is 0. The minimum absolute atomic E-state index is 0.240. The lowest BCUT2D eigenvalue weighted by atomic mass is 10.4. The molecule has 0 saturated carbocycles. The van der Waals surface area contributed by atoms with Gasteiger partial charge in [0.1, 0.15) is 5.76 Å². The van der Waals surface area contributed by atoms with E-state index in [-0.39, 0.29) is 5.82 Å². The summed E-state index contributed by atoms with van der Waals surface area (Å²) < 4.78 is 4.73. The lowest BCUT2D eigenvalue weighted by Gasteiger charge is -2.01. The highest BCUT2D eigenvalue weighted by Crippen LogP contribution is 2.06. The van der Waals surface area contributed by atoms with Crippen molar-refractivity contribution in [1.82, 2.24) is 10.5 Å². The van der Waals surface area contributed by atoms with Crippen LogP contribution in [-0.2, 0) is 9.59 Å². The van der Waals surface area contributed by atoms with Crippen molar-refractivity contribution in [1.29, 1.82) is 0 Å². The van der Waals surface area contributed by atoms with Crippen LogP contribution in [0.4, 0.5) is 5.82 Å². The Kier molecular flexibility index (Phi) is 3.84. The Bertz CT molecular complexity index is 359. The molecule has 0 aliphatic heterocycles. The number of nitrogens with one attached hydrogen (secondary N) is 2. The van der Waals surface area contributed by atoms with E-state index in [1.807, 2.05) is 6.92 Å². The van der Waals surface area contributed by atoms with Gasteiger partial charge in [-0.2, -0.15) is 0 Å². The fourth-order valence-electron chi connectivity index (χ4n) is 0.917. The third-order valence-electron chi connectivity index (χ3n) is 1.61. The van der Waals surface area contributed by atoms with Gasteiger partial charge >= 0.3 is 11.8 Å². The summed E-state index contributed by atoms with van der Waals surface area (Å²) in [7, 11) is 0. The molecule has 0 bridgehead atoms. The van der Waals surface area contributed by atoms with Crippen LogP contribution in [0.3, 0.4) is 0 Å². The normalized spacial score (nSPS) is 9.73. The van der Waals surface area contributed by atoms with Crippen LogP contribution in [-0.4, -0.2) is 23.5 Å². The maximum atomic E-state index is 11.2. The predicted molar refractivity (Wildman–Crippen MR) is 53.2 cm³/mol. The maximum absolute atomic E-state index is 11.2. The minimum atomic E-state index is -0.739. The standard InChI is InChI=1S/C9H13N3O3/c1-3-4-10-8(13)9(14)11-7-5-6(2)15-12-7/h5H,3-4H2,1-2H3,(H,10,13)(H,11,12,14). The quantitative estimate of drug-likeness (QED) is 0.711. The van der Waals surface area contributed by atoms with E-state index >= 15 is 0 Å². The van der Waals surface area contributed by atoms with Crippen LogP contribution in [0.15, 0.2) is 10.6 Å². The van der Waals surface area contributed by atoms with Crippen molar-refractivity contribution in [2.24, 2.45) is 0 Å². The van der Waals surface area contributed by atoms with Crippen molar-refractivity contribution in [2.45, 2.75) is 20.3 Å². The molecule has 2 amide bonds. The molecule has 2 N–H and O–H groups in total. The zero-order valence-corrected chi connectivity index (χ0v) is 8.66. The number of amides is 2. The molecule has 1 aromatic heterocycles. The summed E-state index contributed by atoms with van der Waals surface area (Å²) in [6.07, 6.45) is 0.780. The van der Waals surface area contributed by atoms with Crippen molar-refractivity contribution in [3.05, 3.63) is 11.8 Å². The van der Waals surface area contributed by atoms with E-state index in [4.69, 9.17) is 4.52 Å². The van der Waals surface area contributed by atoms with Crippen molar-refractivity contribution < 1.29 is 14.1 Å². The molecule has 6 nitrogen and oxygen atoms in total. The first-order valence-electron chi connectivity index (χ1n) is 4.66. The number of carbonyl (C=O) groups excluding carboxylic acids is 2. The van der Waals surface area contributed by atoms with E-state index in [9.17, 15) is 9.59 Å². The Balaban J connectivity index is 2.45. The first-order valence-corrected chi connectivity index (χ1v) is 4.66. The van der Waals surface area contributed by atoms with Crippen molar-refractivity contribution in [2.75, 3.05) is 11.9 Å². The predicted octanol–water partition coefficient (Wildman–Crippen LogP) is 0.448. The molecule has 6 heteroatoms. The van der Waals surface area contributed by atoms with Gasteiger partial charge in [-0.25, -0.2) is 0 Å². The first kappa shape index (κ1) is 11.2. The van der Waals surface area contributed by atoms with Crippen LogP contribution in [0.25, 0.3) is 0 Å². The summed E-state index contributed by atoms with van der Waals surface area (Å²) in [5, 5.41) is 8.30. The minimum Gasteiger partial charge on any atom is -0.360 e. The van der Waals surface area contributed by atoms with Crippen LogP contribution >= 0.6 is 0 Å². The number of anilines is 1. The number of nitrogens with zero attached hydrogens (tertiary/aromatic N) is 1. The largest absolute Gasteiger partial charge is 0.360 e. The monoisotopic (exact) mass is 211 g/mol. The molecule has 15 heavy (non-hydrogen) atoms. The van der Waals surface area contributed by atoms with Gasteiger partial charge in [0.25, 0.3) is 0 Å². The fraction of sp³-hybridized carbons (Fsp3) is 0.444. The zero-order chi connectivity index (χ0) is 11.3. The molecular formula is C9H13N3O3. The Labute approximate surface area is 87.0 Å². The van der Waals surface area contributed by atoms with Gasteiger partial charge in [0.15, 0.2) is 5.82 Å². The average Bonchev–Trinajstić information content (AvgIpc) is 2.60. The van der Waals surface area contributed by atoms with Gasteiger partial charge in [0, 0.05) is 12.6 Å². The number of rotatable bonds is 3. The zero-order valence-electron chi connectivity index (χ0n) is 8.66. The van der Waals surface area contributed by atoms with Gasteiger partial charge < -0.3 is 9.84 Å². The Morgan fingerprint density at radius 3 is 2.73 bits per heavy atom. The number of carbonyl (C=O) groups is 2. The van der Waals surface area contributed by atoms with E-state index in [0.29, 0.717) is 12.3 Å². The maximum Gasteiger partial charge on any atom is 0.314 e. The summed E-state index contributed by atoms with van der Waals surface area (Å²) >= 11 is 0. The Hall–Kier alpha value is -1.85. The number of hydrogen-bond acceptors (Lipinski definition) is 4. The molecule has 0 radical (unpaired) electrons. The van der Waals surface area contributed by atoms with E-state index in [0.717, 1.165) is 6.42 Å². The fourth-order valence-corrected chi connectivity index (χ4v) is 0.917. The van der Waals surface area contributed by atoms with Crippen molar-refractivity contribution >= 4 is 17.6 Å². The molecule has 0 aliphatic carbocycles. The van der Waals surface area contributed by atoms with Gasteiger partial charge in [0.2, 0.25) is 0 Å². The number of aryl methyl sites for hydroxylation is 1. The highest BCUT2D eigenvalue weighted by Gasteiger charge is 2.14. The molecule has 0 atom stereocenters. The molecule has 1 rings (SSSR count). The van der Waals surface area contributed by atoms with E-state index in [1.165, 1.54) is 6.07 Å². The molecule has 0 aromatic carbocycles. The van der Waals surface area contributed by atoms with Crippen LogP contribution in [0.1, 0.15) is 19.1 Å². The SMILES string of the molecule is CCCNC(=O)C(=O)Nc1cc(C)on1. The Morgan fingerprint density at radius 1 is 1.47 bits per heavy atom. The smallest absolute Gasteiger partial charge is 0.314 e. The van der Waals surface area contributed by atoms with Crippen LogP contribution in [0, 0.1) is 6.92 Å². The molecule has 0 fully saturated rings. The van der Waals surface area contributed by atoms with Gasteiger partial charge in [0.05, 0.1) is 0 Å². The molecule has 1 heterocycles. The molecule has 0 spiro atoms. The van der Waals surface area contributed by atoms with Gasteiger partial charge in [-0.15, -0.1) is 0 Å². The lowest BCUT2D eigenvalue weighted by molar-refractivity contribution is -0.136. The second-order valence-electron chi connectivity index (χ2n) is 3.03. The average molecular weight is 211 g/mol. The van der Waals surface area contributed by atoms with Gasteiger partial charge in [-0.05, 0) is 13.3 Å². The molecule has 0 unspecified atom stereocenters. The summed E-state index contributed by atoms with van der Waals surface area (Å²) in [4.78, 5) is 22.4. The first-order chi connectivity index (χ1) is 7.13. The molecule has 82 valence electrons. The molecule has 1 aromatic rings. The molecule has 0 aliphatic rings. The summed E-state index contributed by atoms with van der Waals surface area (Å²) in [5.74, 6) is -0.599. The summed E-state index contributed by atoms with van der Waals surface area (Å²) in [6, 6.07) is 1.53. The molecule has 0 saturated heterocycles. The van der Waals surface area contributed by atoms with Gasteiger partial charge in [-0.3, -0.25) is 14.9 Å².